The normalized spacial score (nSPS) is 14.9. The Kier molecular flexibility index (Phi) is 4.34. The van der Waals surface area contributed by atoms with Gasteiger partial charge in [-0.05, 0) is 11.6 Å². The Morgan fingerprint density at radius 1 is 1.50 bits per heavy atom. The van der Waals surface area contributed by atoms with Gasteiger partial charge in [-0.25, -0.2) is 0 Å². The van der Waals surface area contributed by atoms with E-state index in [4.69, 9.17) is 46.4 Å². The molecule has 0 fully saturated rings. The first-order valence-corrected chi connectivity index (χ1v) is 4.10. The average Bonchev–Trinajstić information content (AvgIpc) is 1.60. The number of alkyl halides is 3. The van der Waals surface area contributed by atoms with Gasteiger partial charge < -0.3 is 0 Å². The largest absolute Gasteiger partial charge is 0.281 e. The second kappa shape index (κ2) is 4.01. The lowest BCUT2D eigenvalue weighted by Gasteiger charge is -2.17. The fourth-order valence-corrected chi connectivity index (χ4v) is 0.819. The van der Waals surface area contributed by atoms with E-state index in [0.717, 1.165) is 0 Å². The highest BCUT2D eigenvalue weighted by Gasteiger charge is 2.29. The van der Waals surface area contributed by atoms with Gasteiger partial charge in [-0.3, -0.25) is 4.79 Å². The van der Waals surface area contributed by atoms with E-state index in [1.54, 1.807) is 6.92 Å². The number of hydrogen-bond acceptors (Lipinski definition) is 1. The minimum atomic E-state index is -1.40. The number of rotatable bonds is 2. The predicted octanol–water partition coefficient (Wildman–Crippen LogP) is 3.15. The molecule has 1 atom stereocenters. The van der Waals surface area contributed by atoms with Crippen molar-refractivity contribution < 1.29 is 4.79 Å². The van der Waals surface area contributed by atoms with E-state index in [-0.39, 0.29) is 12.3 Å². The molecule has 0 heterocycles. The van der Waals surface area contributed by atoms with Crippen LogP contribution in [-0.4, -0.2) is 9.03 Å². The molecule has 0 saturated heterocycles. The van der Waals surface area contributed by atoms with Crippen molar-refractivity contribution >= 4 is 51.6 Å². The van der Waals surface area contributed by atoms with Gasteiger partial charge in [-0.1, -0.05) is 41.7 Å². The van der Waals surface area contributed by atoms with Gasteiger partial charge in [0.25, 0.3) is 0 Å². The second-order valence-electron chi connectivity index (χ2n) is 2.00. The Morgan fingerprint density at radius 3 is 2.00 bits per heavy atom. The molecule has 1 nitrogen and oxygen atoms in total. The summed E-state index contributed by atoms with van der Waals surface area (Å²) >= 11 is 21.4. The van der Waals surface area contributed by atoms with Gasteiger partial charge in [0.15, 0.2) is 3.79 Å². The van der Waals surface area contributed by atoms with Gasteiger partial charge >= 0.3 is 0 Å². The van der Waals surface area contributed by atoms with Crippen molar-refractivity contribution in [1.82, 2.24) is 0 Å². The average molecular weight is 224 g/mol. The molecule has 0 aromatic heterocycles. The van der Waals surface area contributed by atoms with E-state index in [1.165, 1.54) is 0 Å². The van der Waals surface area contributed by atoms with E-state index in [2.05, 4.69) is 0 Å². The van der Waals surface area contributed by atoms with E-state index < -0.39 is 9.03 Å². The van der Waals surface area contributed by atoms with E-state index >= 15 is 0 Å². The summed E-state index contributed by atoms with van der Waals surface area (Å²) in [6.07, 6.45) is 0.0814. The van der Waals surface area contributed by atoms with Crippen LogP contribution in [0.15, 0.2) is 0 Å². The van der Waals surface area contributed by atoms with Crippen molar-refractivity contribution in [3.63, 3.8) is 0 Å². The molecule has 10 heavy (non-hydrogen) atoms. The van der Waals surface area contributed by atoms with E-state index in [0.29, 0.717) is 0 Å². The highest BCUT2D eigenvalue weighted by Crippen LogP contribution is 2.36. The van der Waals surface area contributed by atoms with Crippen LogP contribution >= 0.6 is 46.4 Å². The van der Waals surface area contributed by atoms with Crippen LogP contribution in [0.1, 0.15) is 13.3 Å². The number of carbonyl (C=O) groups excluding carboxylic acids is 1. The van der Waals surface area contributed by atoms with Crippen LogP contribution in [0.3, 0.4) is 0 Å². The Morgan fingerprint density at radius 2 is 1.90 bits per heavy atom. The lowest BCUT2D eigenvalue weighted by Crippen LogP contribution is -2.17. The second-order valence-corrected chi connectivity index (χ2v) is 4.79. The number of halogens is 4. The molecule has 0 amide bonds. The lowest BCUT2D eigenvalue weighted by atomic mass is 10.1. The van der Waals surface area contributed by atoms with Gasteiger partial charge in [-0.15, -0.1) is 0 Å². The summed E-state index contributed by atoms with van der Waals surface area (Å²) < 4.78 is -1.40. The van der Waals surface area contributed by atoms with Crippen LogP contribution < -0.4 is 0 Å². The highest BCUT2D eigenvalue weighted by molar-refractivity contribution is 6.68. The molecule has 0 bridgehead atoms. The predicted molar refractivity (Wildman–Crippen MR) is 44.9 cm³/mol. The maximum atomic E-state index is 10.3. The smallest absolute Gasteiger partial charge is 0.222 e. The van der Waals surface area contributed by atoms with Crippen LogP contribution in [-0.2, 0) is 4.79 Å². The third kappa shape index (κ3) is 4.62. The van der Waals surface area contributed by atoms with Crippen LogP contribution in [0.5, 0.6) is 0 Å². The summed E-state index contributed by atoms with van der Waals surface area (Å²) in [5, 5.41) is -0.487. The first-order chi connectivity index (χ1) is 4.34. The highest BCUT2D eigenvalue weighted by atomic mass is 35.6. The van der Waals surface area contributed by atoms with Gasteiger partial charge in [0.1, 0.15) is 0 Å². The van der Waals surface area contributed by atoms with Gasteiger partial charge in [0.05, 0.1) is 0 Å². The Labute approximate surface area is 79.6 Å². The first kappa shape index (κ1) is 10.8. The molecule has 0 spiro atoms. The third-order valence-electron chi connectivity index (χ3n) is 1.03. The van der Waals surface area contributed by atoms with E-state index in [9.17, 15) is 4.79 Å². The van der Waals surface area contributed by atoms with Crippen molar-refractivity contribution in [3.8, 4) is 0 Å². The van der Waals surface area contributed by atoms with Crippen LogP contribution in [0.2, 0.25) is 0 Å². The van der Waals surface area contributed by atoms with Crippen molar-refractivity contribution in [2.45, 2.75) is 17.1 Å². The summed E-state index contributed by atoms with van der Waals surface area (Å²) in [7, 11) is 0. The summed E-state index contributed by atoms with van der Waals surface area (Å²) in [5.74, 6) is -0.345. The van der Waals surface area contributed by atoms with Crippen molar-refractivity contribution in [2.24, 2.45) is 5.92 Å². The molecule has 0 radical (unpaired) electrons. The van der Waals surface area contributed by atoms with Gasteiger partial charge in [-0.2, -0.15) is 0 Å². The molecule has 1 unspecified atom stereocenters. The zero-order valence-corrected chi connectivity index (χ0v) is 8.23. The molecule has 0 aliphatic heterocycles. The zero-order chi connectivity index (χ0) is 8.36. The third-order valence-corrected chi connectivity index (χ3v) is 2.30. The maximum absolute atomic E-state index is 10.3. The number of hydrogen-bond donors (Lipinski definition) is 0. The number of carbonyl (C=O) groups is 1. The Bertz CT molecular complexity index is 128. The van der Waals surface area contributed by atoms with Crippen molar-refractivity contribution in [2.75, 3.05) is 0 Å². The fraction of sp³-hybridized carbons (Fsp3) is 0.800. The molecule has 5 heteroatoms. The topological polar surface area (TPSA) is 17.1 Å². The molecule has 0 aliphatic carbocycles. The Balaban J connectivity index is 3.85. The monoisotopic (exact) mass is 222 g/mol. The molecule has 0 aromatic rings. The van der Waals surface area contributed by atoms with Gasteiger partial charge in [0, 0.05) is 12.3 Å². The van der Waals surface area contributed by atoms with Crippen LogP contribution in [0, 0.1) is 5.92 Å². The molecule has 60 valence electrons. The molecular weight excluding hydrogens is 218 g/mol. The summed E-state index contributed by atoms with van der Waals surface area (Å²) in [6.45, 7) is 1.65. The maximum Gasteiger partial charge on any atom is 0.222 e. The molecular formula is C5H6Cl4O. The molecule has 0 saturated carbocycles. The van der Waals surface area contributed by atoms with Crippen LogP contribution in [0.4, 0.5) is 0 Å². The SMILES string of the molecule is CC(CC(=O)Cl)C(Cl)(Cl)Cl. The van der Waals surface area contributed by atoms with E-state index in [1.807, 2.05) is 0 Å². The van der Waals surface area contributed by atoms with Gasteiger partial charge in [0.2, 0.25) is 5.24 Å². The summed E-state index contributed by atoms with van der Waals surface area (Å²) in [5.41, 5.74) is 0. The zero-order valence-electron chi connectivity index (χ0n) is 5.20. The lowest BCUT2D eigenvalue weighted by molar-refractivity contribution is -0.112. The minimum absolute atomic E-state index is 0.0814. The summed E-state index contributed by atoms with van der Waals surface area (Å²) in [4.78, 5) is 10.3. The molecule has 0 aliphatic rings. The fourth-order valence-electron chi connectivity index (χ4n) is 0.356. The summed E-state index contributed by atoms with van der Waals surface area (Å²) in [6, 6.07) is 0. The molecule has 0 aromatic carbocycles. The first-order valence-electron chi connectivity index (χ1n) is 2.59. The Hall–Kier alpha value is 0.830. The molecule has 0 N–H and O–H groups in total. The quantitative estimate of drug-likeness (QED) is 0.520. The van der Waals surface area contributed by atoms with Crippen molar-refractivity contribution in [1.29, 1.82) is 0 Å². The minimum Gasteiger partial charge on any atom is -0.281 e. The van der Waals surface area contributed by atoms with Crippen LogP contribution in [0.25, 0.3) is 0 Å². The van der Waals surface area contributed by atoms with Crippen molar-refractivity contribution in [3.05, 3.63) is 0 Å². The molecule has 0 rings (SSSR count). The standard InChI is InChI=1S/C5H6Cl4O/c1-3(2-4(6)10)5(7,8)9/h3H,2H2,1H3.